The zero-order valence-electron chi connectivity index (χ0n) is 12.0. The van der Waals surface area contributed by atoms with Crippen molar-refractivity contribution in [1.82, 2.24) is 10.6 Å². The fraction of sp³-hybridized carbons (Fsp3) is 0.357. The number of nitrogens with two attached hydrogens (primary N) is 1. The number of primary amides is 1. The first-order valence-corrected chi connectivity index (χ1v) is 6.36. The first kappa shape index (κ1) is 16.5. The Hall–Kier alpha value is -2.57. The number of aliphatic carboxylic acids is 1. The number of nitrogens with one attached hydrogen (secondary N) is 2. The highest BCUT2D eigenvalue weighted by Gasteiger charge is 2.24. The highest BCUT2D eigenvalue weighted by Crippen LogP contribution is 2.11. The van der Waals surface area contributed by atoms with Crippen LogP contribution in [0, 0.1) is 0 Å². The normalized spacial score (nSPS) is 10.8. The van der Waals surface area contributed by atoms with Crippen LogP contribution in [0.3, 0.4) is 0 Å². The molecule has 1 rings (SSSR count). The smallest absolute Gasteiger partial charge is 0.312 e. The zero-order valence-corrected chi connectivity index (χ0v) is 12.0. The molecule has 7 nitrogen and oxygen atoms in total. The standard InChI is InChI=1S/C14H19N3O4/c1-14(2,7-11(18)19)17-12(20)10-5-3-9(4-6-10)8-16-13(15)21/h3-6H,7-8H2,1-2H3,(H,17,20)(H,18,19)(H3,15,16,21). The second kappa shape index (κ2) is 6.74. The molecule has 0 radical (unpaired) electrons. The van der Waals surface area contributed by atoms with Gasteiger partial charge in [-0.25, -0.2) is 4.79 Å². The van der Waals surface area contributed by atoms with Gasteiger partial charge >= 0.3 is 12.0 Å². The molecule has 0 aliphatic carbocycles. The molecule has 1 aromatic carbocycles. The van der Waals surface area contributed by atoms with Crippen molar-refractivity contribution in [2.24, 2.45) is 5.73 Å². The second-order valence-electron chi connectivity index (χ2n) is 5.32. The molecule has 3 amide bonds. The molecule has 0 atom stereocenters. The van der Waals surface area contributed by atoms with Crippen molar-refractivity contribution in [3.63, 3.8) is 0 Å². The average Bonchev–Trinajstić information content (AvgIpc) is 2.34. The highest BCUT2D eigenvalue weighted by atomic mass is 16.4. The van der Waals surface area contributed by atoms with Crippen molar-refractivity contribution >= 4 is 17.9 Å². The molecular weight excluding hydrogens is 274 g/mol. The monoisotopic (exact) mass is 293 g/mol. The molecule has 7 heteroatoms. The lowest BCUT2D eigenvalue weighted by Crippen LogP contribution is -2.44. The molecule has 0 spiro atoms. The van der Waals surface area contributed by atoms with E-state index < -0.39 is 17.5 Å². The summed E-state index contributed by atoms with van der Waals surface area (Å²) in [6, 6.07) is 5.96. The summed E-state index contributed by atoms with van der Waals surface area (Å²) in [6.07, 6.45) is -0.167. The molecule has 5 N–H and O–H groups in total. The minimum atomic E-state index is -0.979. The topological polar surface area (TPSA) is 122 Å². The Kier molecular flexibility index (Phi) is 5.29. The highest BCUT2D eigenvalue weighted by molar-refractivity contribution is 5.95. The molecule has 0 saturated carbocycles. The van der Waals surface area contributed by atoms with E-state index in [9.17, 15) is 14.4 Å². The lowest BCUT2D eigenvalue weighted by molar-refractivity contribution is -0.138. The summed E-state index contributed by atoms with van der Waals surface area (Å²) in [7, 11) is 0. The molecule has 0 saturated heterocycles. The van der Waals surface area contributed by atoms with Gasteiger partial charge in [0.05, 0.1) is 6.42 Å². The summed E-state index contributed by atoms with van der Waals surface area (Å²) in [5.74, 6) is -1.33. The van der Waals surface area contributed by atoms with Crippen LogP contribution in [0.5, 0.6) is 0 Å². The van der Waals surface area contributed by atoms with Crippen molar-refractivity contribution in [3.8, 4) is 0 Å². The number of hydrogen-bond acceptors (Lipinski definition) is 3. The third kappa shape index (κ3) is 5.94. The van der Waals surface area contributed by atoms with Crippen molar-refractivity contribution in [1.29, 1.82) is 0 Å². The Bertz CT molecular complexity index is 538. The van der Waals surface area contributed by atoms with E-state index in [4.69, 9.17) is 10.8 Å². The number of carboxylic acids is 1. The van der Waals surface area contributed by atoms with E-state index in [-0.39, 0.29) is 18.9 Å². The summed E-state index contributed by atoms with van der Waals surface area (Å²) in [5.41, 5.74) is 5.34. The minimum absolute atomic E-state index is 0.167. The molecular formula is C14H19N3O4. The molecule has 0 aliphatic rings. The Labute approximate surface area is 122 Å². The van der Waals surface area contributed by atoms with Crippen molar-refractivity contribution in [2.75, 3.05) is 0 Å². The summed E-state index contributed by atoms with van der Waals surface area (Å²) < 4.78 is 0. The number of carboxylic acid groups (broad SMARTS) is 1. The van der Waals surface area contributed by atoms with Gasteiger partial charge in [-0.2, -0.15) is 0 Å². The summed E-state index contributed by atoms with van der Waals surface area (Å²) in [4.78, 5) is 33.3. The van der Waals surface area contributed by atoms with Gasteiger partial charge < -0.3 is 21.5 Å². The first-order chi connectivity index (χ1) is 9.69. The molecule has 0 unspecified atom stereocenters. The van der Waals surface area contributed by atoms with Gasteiger partial charge in [-0.1, -0.05) is 12.1 Å². The molecule has 114 valence electrons. The molecule has 0 bridgehead atoms. The maximum Gasteiger partial charge on any atom is 0.312 e. The van der Waals surface area contributed by atoms with Gasteiger partial charge in [-0.15, -0.1) is 0 Å². The maximum absolute atomic E-state index is 12.0. The Morgan fingerprint density at radius 3 is 2.24 bits per heavy atom. The maximum atomic E-state index is 12.0. The van der Waals surface area contributed by atoms with Gasteiger partial charge in [-0.05, 0) is 31.5 Å². The lowest BCUT2D eigenvalue weighted by atomic mass is 10.00. The van der Waals surface area contributed by atoms with Gasteiger partial charge in [-0.3, -0.25) is 9.59 Å². The van der Waals surface area contributed by atoms with Crippen LogP contribution in [-0.2, 0) is 11.3 Å². The molecule has 21 heavy (non-hydrogen) atoms. The van der Waals surface area contributed by atoms with Crippen molar-refractivity contribution < 1.29 is 19.5 Å². The van der Waals surface area contributed by atoms with Gasteiger partial charge in [0.2, 0.25) is 0 Å². The van der Waals surface area contributed by atoms with Crippen molar-refractivity contribution in [2.45, 2.75) is 32.4 Å². The first-order valence-electron chi connectivity index (χ1n) is 6.36. The minimum Gasteiger partial charge on any atom is -0.481 e. The van der Waals surface area contributed by atoms with E-state index in [0.29, 0.717) is 5.56 Å². The third-order valence-corrected chi connectivity index (χ3v) is 2.73. The molecule has 0 aromatic heterocycles. The number of amides is 3. The van der Waals surface area contributed by atoms with Gasteiger partial charge in [0.25, 0.3) is 5.91 Å². The predicted molar refractivity (Wildman–Crippen MR) is 76.7 cm³/mol. The number of urea groups is 1. The zero-order chi connectivity index (χ0) is 16.0. The van der Waals surface area contributed by atoms with E-state index in [2.05, 4.69) is 10.6 Å². The van der Waals surface area contributed by atoms with Crippen molar-refractivity contribution in [3.05, 3.63) is 35.4 Å². The number of carbonyl (C=O) groups is 3. The van der Waals surface area contributed by atoms with Crippen LogP contribution in [0.4, 0.5) is 4.79 Å². The quantitative estimate of drug-likeness (QED) is 0.620. The fourth-order valence-corrected chi connectivity index (χ4v) is 1.76. The van der Waals surface area contributed by atoms with Crippen LogP contribution in [0.25, 0.3) is 0 Å². The third-order valence-electron chi connectivity index (χ3n) is 2.73. The molecule has 0 heterocycles. The van der Waals surface area contributed by atoms with E-state index >= 15 is 0 Å². The number of rotatable bonds is 6. The van der Waals surface area contributed by atoms with Gasteiger partial charge in [0.1, 0.15) is 0 Å². The van der Waals surface area contributed by atoms with E-state index in [1.165, 1.54) is 0 Å². The van der Waals surface area contributed by atoms with Crippen LogP contribution in [0.2, 0.25) is 0 Å². The average molecular weight is 293 g/mol. The Morgan fingerprint density at radius 1 is 1.19 bits per heavy atom. The van der Waals surface area contributed by atoms with Crippen LogP contribution < -0.4 is 16.4 Å². The Morgan fingerprint density at radius 2 is 1.76 bits per heavy atom. The number of hydrogen-bond donors (Lipinski definition) is 4. The van der Waals surface area contributed by atoms with Crippen LogP contribution in [-0.4, -0.2) is 28.6 Å². The second-order valence-corrected chi connectivity index (χ2v) is 5.32. The Balaban J connectivity index is 2.66. The largest absolute Gasteiger partial charge is 0.481 e. The van der Waals surface area contributed by atoms with Gasteiger partial charge in [0.15, 0.2) is 0 Å². The van der Waals surface area contributed by atoms with E-state index in [1.54, 1.807) is 38.1 Å². The lowest BCUT2D eigenvalue weighted by Gasteiger charge is -2.24. The van der Waals surface area contributed by atoms with Crippen LogP contribution in [0.1, 0.15) is 36.2 Å². The molecule has 1 aromatic rings. The van der Waals surface area contributed by atoms with Crippen LogP contribution in [0.15, 0.2) is 24.3 Å². The number of benzene rings is 1. The SMILES string of the molecule is CC(C)(CC(=O)O)NC(=O)c1ccc(CNC(N)=O)cc1. The summed E-state index contributed by atoms with van der Waals surface area (Å²) in [6.45, 7) is 3.57. The van der Waals surface area contributed by atoms with E-state index in [1.807, 2.05) is 0 Å². The fourth-order valence-electron chi connectivity index (χ4n) is 1.76. The molecule has 0 aliphatic heterocycles. The van der Waals surface area contributed by atoms with E-state index in [0.717, 1.165) is 5.56 Å². The number of carbonyl (C=O) groups excluding carboxylic acids is 2. The summed E-state index contributed by atoms with van der Waals surface area (Å²) in [5, 5.41) is 13.9. The van der Waals surface area contributed by atoms with Gasteiger partial charge in [0, 0.05) is 17.6 Å². The summed E-state index contributed by atoms with van der Waals surface area (Å²) >= 11 is 0. The van der Waals surface area contributed by atoms with Crippen LogP contribution >= 0.6 is 0 Å². The molecule has 0 fully saturated rings. The predicted octanol–water partition coefficient (Wildman–Crippen LogP) is 0.838.